The smallest absolute Gasteiger partial charge is 0.0459 e. The number of benzene rings is 2. The summed E-state index contributed by atoms with van der Waals surface area (Å²) in [6, 6.07) is 13.2. The summed E-state index contributed by atoms with van der Waals surface area (Å²) in [4.78, 5) is 3.44. The van der Waals surface area contributed by atoms with Gasteiger partial charge in [0.15, 0.2) is 0 Å². The maximum atomic E-state index is 3.44. The molecule has 5 rings (SSSR count). The molecule has 0 saturated carbocycles. The van der Waals surface area contributed by atoms with Crippen LogP contribution in [0.2, 0.25) is 0 Å². The van der Waals surface area contributed by atoms with E-state index >= 15 is 0 Å². The molecule has 2 aromatic carbocycles. The van der Waals surface area contributed by atoms with Gasteiger partial charge in [-0.1, -0.05) is 48.6 Å². The highest BCUT2D eigenvalue weighted by atomic mass is 14.7. The minimum atomic E-state index is 0.385. The van der Waals surface area contributed by atoms with Crippen molar-refractivity contribution in [1.82, 2.24) is 4.98 Å². The molecule has 0 amide bonds. The van der Waals surface area contributed by atoms with Crippen LogP contribution in [0, 0.1) is 13.8 Å². The van der Waals surface area contributed by atoms with Crippen molar-refractivity contribution in [1.29, 1.82) is 0 Å². The summed E-state index contributed by atoms with van der Waals surface area (Å²) in [5.74, 6) is 0.385. The van der Waals surface area contributed by atoms with E-state index in [2.05, 4.69) is 79.5 Å². The summed E-state index contributed by atoms with van der Waals surface area (Å²) in [5.41, 5.74) is 12.7. The summed E-state index contributed by atoms with van der Waals surface area (Å²) >= 11 is 0. The predicted molar refractivity (Wildman–Crippen MR) is 105 cm³/mol. The van der Waals surface area contributed by atoms with Gasteiger partial charge in [-0.3, -0.25) is 0 Å². The van der Waals surface area contributed by atoms with Gasteiger partial charge in [0.25, 0.3) is 0 Å². The molecule has 122 valence electrons. The van der Waals surface area contributed by atoms with Gasteiger partial charge in [0, 0.05) is 23.4 Å². The first kappa shape index (κ1) is 14.5. The number of hydrogen-bond donors (Lipinski definition) is 1. The highest BCUT2D eigenvalue weighted by Gasteiger charge is 2.30. The Kier molecular flexibility index (Phi) is 3.11. The third-order valence-corrected chi connectivity index (χ3v) is 5.82. The summed E-state index contributed by atoms with van der Waals surface area (Å²) < 4.78 is 0. The molecule has 1 nitrogen and oxygen atoms in total. The Hall–Kier alpha value is -2.80. The number of aromatic amines is 1. The molecular formula is C24H21N. The topological polar surface area (TPSA) is 15.8 Å². The molecule has 0 bridgehead atoms. The Morgan fingerprint density at radius 3 is 2.44 bits per heavy atom. The average Bonchev–Trinajstić information content (AvgIpc) is 3.36. The van der Waals surface area contributed by atoms with Crippen LogP contribution in [-0.4, -0.2) is 4.98 Å². The van der Waals surface area contributed by atoms with Crippen LogP contribution in [0.4, 0.5) is 0 Å². The van der Waals surface area contributed by atoms with E-state index in [0.29, 0.717) is 5.92 Å². The van der Waals surface area contributed by atoms with Gasteiger partial charge >= 0.3 is 0 Å². The molecule has 0 radical (unpaired) electrons. The lowest BCUT2D eigenvalue weighted by Gasteiger charge is -2.23. The first-order valence-electron chi connectivity index (χ1n) is 8.98. The second kappa shape index (κ2) is 5.35. The van der Waals surface area contributed by atoms with Crippen LogP contribution in [0.3, 0.4) is 0 Å². The van der Waals surface area contributed by atoms with Gasteiger partial charge < -0.3 is 4.98 Å². The van der Waals surface area contributed by atoms with Gasteiger partial charge in [-0.15, -0.1) is 0 Å². The summed E-state index contributed by atoms with van der Waals surface area (Å²) in [7, 11) is 0. The standard InChI is InChI=1S/C24H21N/c1-15-16(2)23(21-12-7-13-25-21)20-14-18-10-5-6-11-19(18)24(20)22(15)17-8-3-4-9-17/h3-13,17,25H,14H2,1-2H3. The fourth-order valence-electron chi connectivity index (χ4n) is 4.58. The molecule has 1 heteroatoms. The SMILES string of the molecule is Cc1c(C)c(C2C=CC=C2)c2c(c1-c1ccc[nH]1)Cc1ccccc1-2. The predicted octanol–water partition coefficient (Wildman–Crippen LogP) is 6.08. The van der Waals surface area contributed by atoms with Crippen LogP contribution >= 0.6 is 0 Å². The van der Waals surface area contributed by atoms with Crippen molar-refractivity contribution >= 4 is 0 Å². The van der Waals surface area contributed by atoms with Crippen LogP contribution in [0.5, 0.6) is 0 Å². The first-order chi connectivity index (χ1) is 12.3. The largest absolute Gasteiger partial charge is 0.361 e. The lowest BCUT2D eigenvalue weighted by Crippen LogP contribution is -2.04. The molecule has 1 aromatic heterocycles. The van der Waals surface area contributed by atoms with E-state index in [4.69, 9.17) is 0 Å². The Morgan fingerprint density at radius 2 is 1.68 bits per heavy atom. The van der Waals surface area contributed by atoms with E-state index in [-0.39, 0.29) is 0 Å². The van der Waals surface area contributed by atoms with Crippen molar-refractivity contribution < 1.29 is 0 Å². The van der Waals surface area contributed by atoms with Crippen LogP contribution in [-0.2, 0) is 6.42 Å². The molecule has 0 spiro atoms. The quantitative estimate of drug-likeness (QED) is 0.460. The van der Waals surface area contributed by atoms with E-state index in [0.717, 1.165) is 6.42 Å². The van der Waals surface area contributed by atoms with Crippen LogP contribution in [0.25, 0.3) is 22.4 Å². The number of H-pyrrole nitrogens is 1. The maximum Gasteiger partial charge on any atom is 0.0459 e. The normalized spacial score (nSPS) is 15.0. The molecule has 1 N–H and O–H groups in total. The Morgan fingerprint density at radius 1 is 0.880 bits per heavy atom. The number of aromatic nitrogens is 1. The van der Waals surface area contributed by atoms with Crippen molar-refractivity contribution in [2.75, 3.05) is 0 Å². The summed E-state index contributed by atoms with van der Waals surface area (Å²) in [6.45, 7) is 4.57. The monoisotopic (exact) mass is 323 g/mol. The van der Waals surface area contributed by atoms with Crippen LogP contribution in [0.15, 0.2) is 66.9 Å². The highest BCUT2D eigenvalue weighted by molar-refractivity contribution is 5.89. The molecule has 0 saturated heterocycles. The second-order valence-corrected chi connectivity index (χ2v) is 7.11. The van der Waals surface area contributed by atoms with Crippen LogP contribution < -0.4 is 0 Å². The van der Waals surface area contributed by atoms with Gasteiger partial charge in [-0.2, -0.15) is 0 Å². The van der Waals surface area contributed by atoms with E-state index in [1.165, 1.54) is 50.2 Å². The molecule has 2 aliphatic carbocycles. The minimum Gasteiger partial charge on any atom is -0.361 e. The molecule has 2 aliphatic rings. The van der Waals surface area contributed by atoms with Gasteiger partial charge in [0.1, 0.15) is 0 Å². The fraction of sp³-hybridized carbons (Fsp3) is 0.167. The second-order valence-electron chi connectivity index (χ2n) is 7.11. The van der Waals surface area contributed by atoms with E-state index in [9.17, 15) is 0 Å². The Balaban J connectivity index is 1.89. The van der Waals surface area contributed by atoms with Crippen molar-refractivity contribution in [2.45, 2.75) is 26.2 Å². The molecular weight excluding hydrogens is 302 g/mol. The van der Waals surface area contributed by atoms with Crippen molar-refractivity contribution in [3.8, 4) is 22.4 Å². The fourth-order valence-corrected chi connectivity index (χ4v) is 4.58. The number of rotatable bonds is 2. The van der Waals surface area contributed by atoms with E-state index in [1.54, 1.807) is 0 Å². The number of nitrogens with one attached hydrogen (secondary N) is 1. The summed E-state index contributed by atoms with van der Waals surface area (Å²) in [6.07, 6.45) is 12.0. The van der Waals surface area contributed by atoms with Gasteiger partial charge in [0.2, 0.25) is 0 Å². The van der Waals surface area contributed by atoms with Gasteiger partial charge in [-0.05, 0) is 71.3 Å². The molecule has 0 atom stereocenters. The zero-order valence-electron chi connectivity index (χ0n) is 14.6. The lowest BCUT2D eigenvalue weighted by atomic mass is 9.81. The minimum absolute atomic E-state index is 0.385. The Labute approximate surface area is 148 Å². The highest BCUT2D eigenvalue weighted by Crippen LogP contribution is 2.49. The molecule has 0 fully saturated rings. The number of allylic oxidation sites excluding steroid dienone is 4. The number of hydrogen-bond acceptors (Lipinski definition) is 0. The molecule has 25 heavy (non-hydrogen) atoms. The maximum absolute atomic E-state index is 3.44. The van der Waals surface area contributed by atoms with E-state index < -0.39 is 0 Å². The van der Waals surface area contributed by atoms with Gasteiger partial charge in [-0.25, -0.2) is 0 Å². The van der Waals surface area contributed by atoms with Crippen molar-refractivity contribution in [3.63, 3.8) is 0 Å². The average molecular weight is 323 g/mol. The zero-order valence-corrected chi connectivity index (χ0v) is 14.6. The van der Waals surface area contributed by atoms with Crippen molar-refractivity contribution in [2.24, 2.45) is 0 Å². The lowest BCUT2D eigenvalue weighted by molar-refractivity contribution is 1.06. The van der Waals surface area contributed by atoms with Crippen molar-refractivity contribution in [3.05, 3.63) is 94.7 Å². The van der Waals surface area contributed by atoms with Gasteiger partial charge in [0.05, 0.1) is 0 Å². The van der Waals surface area contributed by atoms with E-state index in [1.807, 2.05) is 6.20 Å². The molecule has 0 unspecified atom stereocenters. The molecule has 1 heterocycles. The third kappa shape index (κ3) is 2.02. The van der Waals surface area contributed by atoms with Crippen LogP contribution in [0.1, 0.15) is 33.7 Å². The Bertz CT molecular complexity index is 1020. The zero-order chi connectivity index (χ0) is 17.0. The summed E-state index contributed by atoms with van der Waals surface area (Å²) in [5, 5.41) is 0. The third-order valence-electron chi connectivity index (χ3n) is 5.82. The molecule has 0 aliphatic heterocycles. The number of fused-ring (bicyclic) bond motifs is 3. The first-order valence-corrected chi connectivity index (χ1v) is 8.98. The molecule has 3 aromatic rings.